The third-order valence-corrected chi connectivity index (χ3v) is 2.98. The average Bonchev–Trinajstić information content (AvgIpc) is 2.56. The van der Waals surface area contributed by atoms with E-state index in [9.17, 15) is 9.59 Å². The SMILES string of the molecule is Cc1cccc2c1N(CCCCO)C(=O)C2=O. The quantitative estimate of drug-likeness (QED) is 0.630. The van der Waals surface area contributed by atoms with Gasteiger partial charge in [0, 0.05) is 13.2 Å². The van der Waals surface area contributed by atoms with Gasteiger partial charge in [-0.05, 0) is 31.4 Å². The van der Waals surface area contributed by atoms with Crippen molar-refractivity contribution in [3.05, 3.63) is 29.3 Å². The van der Waals surface area contributed by atoms with Crippen LogP contribution in [-0.4, -0.2) is 29.9 Å². The second-order valence-corrected chi connectivity index (χ2v) is 4.19. The third-order valence-electron chi connectivity index (χ3n) is 2.98. The molecule has 1 aliphatic rings. The number of carbonyl (C=O) groups excluding carboxylic acids is 2. The molecule has 0 saturated heterocycles. The Balaban J connectivity index is 2.30. The van der Waals surface area contributed by atoms with Crippen LogP contribution in [-0.2, 0) is 4.79 Å². The highest BCUT2D eigenvalue weighted by Gasteiger charge is 2.36. The van der Waals surface area contributed by atoms with Crippen molar-refractivity contribution < 1.29 is 14.7 Å². The van der Waals surface area contributed by atoms with Gasteiger partial charge in [-0.3, -0.25) is 9.59 Å². The Bertz CT molecular complexity index is 468. The molecule has 0 aliphatic carbocycles. The lowest BCUT2D eigenvalue weighted by molar-refractivity contribution is -0.114. The van der Waals surface area contributed by atoms with Crippen LogP contribution in [0, 0.1) is 6.92 Å². The second-order valence-electron chi connectivity index (χ2n) is 4.19. The Morgan fingerprint density at radius 3 is 2.71 bits per heavy atom. The van der Waals surface area contributed by atoms with E-state index in [1.165, 1.54) is 4.90 Å². The Kier molecular flexibility index (Phi) is 3.24. The minimum Gasteiger partial charge on any atom is -0.396 e. The van der Waals surface area contributed by atoms with Crippen LogP contribution in [0.2, 0.25) is 0 Å². The molecule has 0 fully saturated rings. The van der Waals surface area contributed by atoms with Gasteiger partial charge in [0.05, 0.1) is 11.3 Å². The molecule has 1 heterocycles. The number of fused-ring (bicyclic) bond motifs is 1. The van der Waals surface area contributed by atoms with Gasteiger partial charge in [-0.15, -0.1) is 0 Å². The summed E-state index contributed by atoms with van der Waals surface area (Å²) in [6, 6.07) is 5.37. The number of carbonyl (C=O) groups is 2. The van der Waals surface area contributed by atoms with Gasteiger partial charge in [-0.2, -0.15) is 0 Å². The Labute approximate surface area is 99.9 Å². The first-order valence-corrected chi connectivity index (χ1v) is 5.73. The Morgan fingerprint density at radius 2 is 2.00 bits per heavy atom. The number of hydrogen-bond donors (Lipinski definition) is 1. The highest BCUT2D eigenvalue weighted by atomic mass is 16.3. The molecule has 1 aromatic carbocycles. The topological polar surface area (TPSA) is 57.6 Å². The highest BCUT2D eigenvalue weighted by molar-refractivity contribution is 6.52. The molecule has 0 saturated carbocycles. The number of hydrogen-bond acceptors (Lipinski definition) is 3. The number of ketones is 1. The standard InChI is InChI=1S/C13H15NO3/c1-9-5-4-6-10-11(9)14(7-2-3-8-15)13(17)12(10)16/h4-6,15H,2-3,7-8H2,1H3. The Hall–Kier alpha value is -1.68. The van der Waals surface area contributed by atoms with E-state index in [-0.39, 0.29) is 6.61 Å². The molecule has 90 valence electrons. The highest BCUT2D eigenvalue weighted by Crippen LogP contribution is 2.32. The van der Waals surface area contributed by atoms with Crippen LogP contribution in [0.5, 0.6) is 0 Å². The number of Topliss-reactive ketones (excluding diaryl/α,β-unsaturated/α-hetero) is 1. The van der Waals surface area contributed by atoms with Crippen molar-refractivity contribution in [3.63, 3.8) is 0 Å². The number of nitrogens with zero attached hydrogens (tertiary/aromatic N) is 1. The van der Waals surface area contributed by atoms with Gasteiger partial charge in [0.2, 0.25) is 0 Å². The van der Waals surface area contributed by atoms with E-state index in [0.29, 0.717) is 24.9 Å². The van der Waals surface area contributed by atoms with Gasteiger partial charge in [-0.25, -0.2) is 0 Å². The fourth-order valence-corrected chi connectivity index (χ4v) is 2.13. The van der Waals surface area contributed by atoms with Gasteiger partial charge in [-0.1, -0.05) is 12.1 Å². The van der Waals surface area contributed by atoms with Crippen LogP contribution in [0.3, 0.4) is 0 Å². The Morgan fingerprint density at radius 1 is 1.24 bits per heavy atom. The molecule has 1 N–H and O–H groups in total. The molecule has 0 spiro atoms. The fraction of sp³-hybridized carbons (Fsp3) is 0.385. The van der Waals surface area contributed by atoms with Gasteiger partial charge < -0.3 is 10.0 Å². The van der Waals surface area contributed by atoms with Gasteiger partial charge in [0.25, 0.3) is 11.7 Å². The number of benzene rings is 1. The summed E-state index contributed by atoms with van der Waals surface area (Å²) in [5.74, 6) is -0.875. The maximum Gasteiger partial charge on any atom is 0.299 e. The molecule has 1 aromatic rings. The zero-order chi connectivity index (χ0) is 12.4. The van der Waals surface area contributed by atoms with E-state index in [2.05, 4.69) is 0 Å². The number of unbranched alkanes of at least 4 members (excludes halogenated alkanes) is 1. The summed E-state index contributed by atoms with van der Waals surface area (Å²) in [7, 11) is 0. The van der Waals surface area contributed by atoms with Crippen molar-refractivity contribution in [2.75, 3.05) is 18.1 Å². The minimum atomic E-state index is -0.452. The number of rotatable bonds is 4. The van der Waals surface area contributed by atoms with Crippen LogP contribution >= 0.6 is 0 Å². The normalized spacial score (nSPS) is 14.4. The lowest BCUT2D eigenvalue weighted by Crippen LogP contribution is -2.31. The first kappa shape index (κ1) is 11.8. The molecule has 0 radical (unpaired) electrons. The fourth-order valence-electron chi connectivity index (χ4n) is 2.13. The van der Waals surface area contributed by atoms with Gasteiger partial charge in [0.15, 0.2) is 0 Å². The van der Waals surface area contributed by atoms with Crippen molar-refractivity contribution in [2.45, 2.75) is 19.8 Å². The van der Waals surface area contributed by atoms with Crippen molar-refractivity contribution in [1.29, 1.82) is 0 Å². The summed E-state index contributed by atoms with van der Waals surface area (Å²) in [5.41, 5.74) is 2.17. The second kappa shape index (κ2) is 4.67. The van der Waals surface area contributed by atoms with Crippen molar-refractivity contribution in [3.8, 4) is 0 Å². The number of amides is 1. The maximum atomic E-state index is 11.8. The average molecular weight is 233 g/mol. The molecular weight excluding hydrogens is 218 g/mol. The summed E-state index contributed by atoms with van der Waals surface area (Å²) < 4.78 is 0. The monoisotopic (exact) mass is 233 g/mol. The van der Waals surface area contributed by atoms with Crippen LogP contribution in [0.25, 0.3) is 0 Å². The number of aliphatic hydroxyl groups excluding tert-OH is 1. The predicted molar refractivity (Wildman–Crippen MR) is 64.2 cm³/mol. The van der Waals surface area contributed by atoms with E-state index >= 15 is 0 Å². The van der Waals surface area contributed by atoms with E-state index in [1.807, 2.05) is 13.0 Å². The summed E-state index contributed by atoms with van der Waals surface area (Å²) in [4.78, 5) is 25.1. The van der Waals surface area contributed by atoms with Crippen molar-refractivity contribution >= 4 is 17.4 Å². The molecule has 4 heteroatoms. The smallest absolute Gasteiger partial charge is 0.299 e. The predicted octanol–water partition coefficient (Wildman–Crippen LogP) is 1.30. The lowest BCUT2D eigenvalue weighted by atomic mass is 10.1. The third kappa shape index (κ3) is 1.96. The lowest BCUT2D eigenvalue weighted by Gasteiger charge is -2.17. The number of aryl methyl sites for hydroxylation is 1. The summed E-state index contributed by atoms with van der Waals surface area (Å²) >= 11 is 0. The molecule has 17 heavy (non-hydrogen) atoms. The van der Waals surface area contributed by atoms with E-state index in [1.54, 1.807) is 12.1 Å². The van der Waals surface area contributed by atoms with Gasteiger partial charge in [0.1, 0.15) is 0 Å². The minimum absolute atomic E-state index is 0.108. The van der Waals surface area contributed by atoms with E-state index in [0.717, 1.165) is 11.3 Å². The molecular formula is C13H15NO3. The van der Waals surface area contributed by atoms with Crippen LogP contribution in [0.15, 0.2) is 18.2 Å². The molecule has 2 rings (SSSR count). The van der Waals surface area contributed by atoms with Crippen LogP contribution in [0.4, 0.5) is 5.69 Å². The molecule has 1 amide bonds. The van der Waals surface area contributed by atoms with Crippen LogP contribution in [0.1, 0.15) is 28.8 Å². The molecule has 4 nitrogen and oxygen atoms in total. The summed E-state index contributed by atoms with van der Waals surface area (Å²) in [6.07, 6.45) is 1.34. The van der Waals surface area contributed by atoms with Gasteiger partial charge >= 0.3 is 0 Å². The number of aliphatic hydroxyl groups is 1. The van der Waals surface area contributed by atoms with E-state index < -0.39 is 11.7 Å². The molecule has 0 bridgehead atoms. The zero-order valence-corrected chi connectivity index (χ0v) is 9.77. The largest absolute Gasteiger partial charge is 0.396 e. The van der Waals surface area contributed by atoms with Crippen molar-refractivity contribution in [1.82, 2.24) is 0 Å². The molecule has 0 aromatic heterocycles. The zero-order valence-electron chi connectivity index (χ0n) is 9.77. The maximum absolute atomic E-state index is 11.8. The van der Waals surface area contributed by atoms with Crippen molar-refractivity contribution in [2.24, 2.45) is 0 Å². The number of anilines is 1. The molecule has 0 unspecified atom stereocenters. The summed E-state index contributed by atoms with van der Waals surface area (Å²) in [6.45, 7) is 2.49. The molecule has 1 aliphatic heterocycles. The first-order chi connectivity index (χ1) is 8.16. The van der Waals surface area contributed by atoms with Crippen LogP contribution < -0.4 is 4.90 Å². The summed E-state index contributed by atoms with van der Waals surface area (Å²) in [5, 5.41) is 8.74. The number of para-hydroxylation sites is 1. The first-order valence-electron chi connectivity index (χ1n) is 5.73. The van der Waals surface area contributed by atoms with E-state index in [4.69, 9.17) is 5.11 Å². The molecule has 0 atom stereocenters.